The van der Waals surface area contributed by atoms with Crippen molar-refractivity contribution in [3.05, 3.63) is 17.2 Å². The second kappa shape index (κ2) is 6.29. The smallest absolute Gasteiger partial charge is 0.189 e. The molecular weight excluding hydrogens is 315 g/mol. The molecule has 0 unspecified atom stereocenters. The third-order valence-electron chi connectivity index (χ3n) is 3.31. The topological polar surface area (TPSA) is 51.1 Å². The second-order valence-corrected chi connectivity index (χ2v) is 5.74. The highest BCUT2D eigenvalue weighted by atomic mass is 35.5. The van der Waals surface area contributed by atoms with Gasteiger partial charge in [-0.2, -0.15) is 0 Å². The minimum atomic E-state index is -0.598. The van der Waals surface area contributed by atoms with Crippen molar-refractivity contribution in [1.29, 1.82) is 0 Å². The molecule has 3 heterocycles. The van der Waals surface area contributed by atoms with Crippen LogP contribution in [0.25, 0.3) is 10.9 Å². The van der Waals surface area contributed by atoms with Gasteiger partial charge >= 0.3 is 0 Å². The van der Waals surface area contributed by atoms with Gasteiger partial charge in [-0.3, -0.25) is 0 Å². The molecule has 112 valence electrons. The molecule has 1 aliphatic rings. The van der Waals surface area contributed by atoms with Gasteiger partial charge in [-0.25, -0.2) is 19.3 Å². The van der Waals surface area contributed by atoms with E-state index in [0.29, 0.717) is 29.5 Å². The van der Waals surface area contributed by atoms with E-state index in [1.54, 1.807) is 0 Å². The quantitative estimate of drug-likeness (QED) is 0.480. The zero-order chi connectivity index (χ0) is 14.8. The first-order chi connectivity index (χ1) is 10.2. The second-order valence-electron chi connectivity index (χ2n) is 4.61. The Morgan fingerprint density at radius 3 is 3.00 bits per heavy atom. The van der Waals surface area contributed by atoms with E-state index in [0.717, 1.165) is 19.6 Å². The molecular formula is C13H14ClFN4OS. The molecule has 1 aliphatic heterocycles. The van der Waals surface area contributed by atoms with E-state index >= 15 is 0 Å². The Labute approximate surface area is 130 Å². The molecule has 1 fully saturated rings. The van der Waals surface area contributed by atoms with Gasteiger partial charge in [-0.1, -0.05) is 23.4 Å². The molecule has 0 radical (unpaired) electrons. The fourth-order valence-corrected chi connectivity index (χ4v) is 2.79. The third-order valence-corrected chi connectivity index (χ3v) is 4.12. The number of hydrogen-bond acceptors (Lipinski definition) is 6. The van der Waals surface area contributed by atoms with Crippen molar-refractivity contribution in [2.45, 2.75) is 11.6 Å². The number of thioether (sulfide) groups is 1. The van der Waals surface area contributed by atoms with Gasteiger partial charge in [0.05, 0.1) is 12.0 Å². The molecule has 21 heavy (non-hydrogen) atoms. The number of ether oxygens (including phenoxy) is 1. The number of pyridine rings is 1. The first-order valence-corrected chi connectivity index (χ1v) is 8.19. The van der Waals surface area contributed by atoms with Crippen LogP contribution in [0.15, 0.2) is 11.4 Å². The number of fused-ring (bicyclic) bond motifs is 1. The average Bonchev–Trinajstić information content (AvgIpc) is 2.79. The van der Waals surface area contributed by atoms with E-state index < -0.39 is 5.82 Å². The Balaban J connectivity index is 2.17. The summed E-state index contributed by atoms with van der Waals surface area (Å²) in [6.45, 7) is 2.88. The lowest BCUT2D eigenvalue weighted by Gasteiger charge is -2.22. The number of rotatable bonds is 2. The Morgan fingerprint density at radius 2 is 2.19 bits per heavy atom. The molecule has 8 heteroatoms. The maximum Gasteiger partial charge on any atom is 0.189 e. The number of hydrogen-bond donors (Lipinski definition) is 0. The molecule has 2 aromatic rings. The van der Waals surface area contributed by atoms with Gasteiger partial charge < -0.3 is 9.64 Å². The molecule has 0 bridgehead atoms. The Bertz CT molecular complexity index is 664. The van der Waals surface area contributed by atoms with E-state index in [1.165, 1.54) is 18.0 Å². The van der Waals surface area contributed by atoms with E-state index in [9.17, 15) is 4.39 Å². The molecule has 0 spiro atoms. The van der Waals surface area contributed by atoms with Crippen molar-refractivity contribution in [3.8, 4) is 0 Å². The van der Waals surface area contributed by atoms with Crippen LogP contribution in [-0.4, -0.2) is 47.5 Å². The maximum absolute atomic E-state index is 14.2. The first kappa shape index (κ1) is 14.7. The summed E-state index contributed by atoms with van der Waals surface area (Å²) in [6.07, 6.45) is 4.30. The largest absolute Gasteiger partial charge is 0.380 e. The van der Waals surface area contributed by atoms with Crippen molar-refractivity contribution in [3.63, 3.8) is 0 Å². The number of halogens is 2. The highest BCUT2D eigenvalue weighted by Crippen LogP contribution is 2.30. The van der Waals surface area contributed by atoms with Crippen molar-refractivity contribution in [1.82, 2.24) is 15.0 Å². The van der Waals surface area contributed by atoms with Gasteiger partial charge in [-0.05, 0) is 12.7 Å². The van der Waals surface area contributed by atoms with Gasteiger partial charge in [0.15, 0.2) is 16.1 Å². The summed E-state index contributed by atoms with van der Waals surface area (Å²) < 4.78 is 19.7. The van der Waals surface area contributed by atoms with E-state index in [2.05, 4.69) is 19.9 Å². The maximum atomic E-state index is 14.2. The zero-order valence-electron chi connectivity index (χ0n) is 11.5. The highest BCUT2D eigenvalue weighted by molar-refractivity contribution is 7.98. The van der Waals surface area contributed by atoms with Gasteiger partial charge in [0.25, 0.3) is 0 Å². The molecule has 0 saturated carbocycles. The lowest BCUT2D eigenvalue weighted by Crippen LogP contribution is -2.27. The van der Waals surface area contributed by atoms with Crippen molar-refractivity contribution in [2.75, 3.05) is 37.5 Å². The predicted octanol–water partition coefficient (Wildman–Crippen LogP) is 2.77. The number of anilines is 1. The van der Waals surface area contributed by atoms with Crippen LogP contribution in [0.2, 0.25) is 5.15 Å². The lowest BCUT2D eigenvalue weighted by atomic mass is 10.2. The van der Waals surface area contributed by atoms with Crippen LogP contribution in [0.1, 0.15) is 6.42 Å². The third kappa shape index (κ3) is 2.90. The standard InChI is InChI=1S/C13H14ClFN4OS/c1-21-13-17-10-8(7-16-11(14)9(10)15)12(18-13)19-3-2-5-20-6-4-19/h7H,2-6H2,1H3. The van der Waals surface area contributed by atoms with Crippen LogP contribution in [-0.2, 0) is 4.74 Å². The predicted molar refractivity (Wildman–Crippen MR) is 81.7 cm³/mol. The molecule has 2 aromatic heterocycles. The average molecular weight is 329 g/mol. The molecule has 0 atom stereocenters. The van der Waals surface area contributed by atoms with Crippen molar-refractivity contribution < 1.29 is 9.13 Å². The Morgan fingerprint density at radius 1 is 1.33 bits per heavy atom. The molecule has 3 rings (SSSR count). The van der Waals surface area contributed by atoms with Gasteiger partial charge in [0.1, 0.15) is 11.3 Å². The molecule has 0 amide bonds. The van der Waals surface area contributed by atoms with E-state index in [-0.39, 0.29) is 10.7 Å². The van der Waals surface area contributed by atoms with Crippen LogP contribution in [0, 0.1) is 5.82 Å². The molecule has 0 N–H and O–H groups in total. The van der Waals surface area contributed by atoms with Crippen molar-refractivity contribution >= 4 is 40.1 Å². The summed E-state index contributed by atoms with van der Waals surface area (Å²) in [7, 11) is 0. The molecule has 0 aliphatic carbocycles. The summed E-state index contributed by atoms with van der Waals surface area (Å²) in [5.41, 5.74) is 0.217. The number of nitrogens with zero attached hydrogens (tertiary/aromatic N) is 4. The number of aromatic nitrogens is 3. The van der Waals surface area contributed by atoms with Gasteiger partial charge in [0, 0.05) is 25.9 Å². The normalized spacial score (nSPS) is 16.2. The summed E-state index contributed by atoms with van der Waals surface area (Å²) >= 11 is 7.13. The van der Waals surface area contributed by atoms with Crippen LogP contribution in [0.3, 0.4) is 0 Å². The fourth-order valence-electron chi connectivity index (χ4n) is 2.29. The molecule has 0 aromatic carbocycles. The molecule has 1 saturated heterocycles. The highest BCUT2D eigenvalue weighted by Gasteiger charge is 2.19. The summed E-state index contributed by atoms with van der Waals surface area (Å²) in [4.78, 5) is 14.7. The van der Waals surface area contributed by atoms with E-state index in [1.807, 2.05) is 6.26 Å². The summed E-state index contributed by atoms with van der Waals surface area (Å²) in [5.74, 6) is 0.0945. The minimum Gasteiger partial charge on any atom is -0.380 e. The van der Waals surface area contributed by atoms with Crippen LogP contribution in [0.4, 0.5) is 10.2 Å². The minimum absolute atomic E-state index is 0.168. The van der Waals surface area contributed by atoms with E-state index in [4.69, 9.17) is 16.3 Å². The Kier molecular flexibility index (Phi) is 4.42. The lowest BCUT2D eigenvalue weighted by molar-refractivity contribution is 0.152. The zero-order valence-corrected chi connectivity index (χ0v) is 13.0. The monoisotopic (exact) mass is 328 g/mol. The Hall–Kier alpha value is -1.18. The van der Waals surface area contributed by atoms with Crippen LogP contribution < -0.4 is 4.90 Å². The van der Waals surface area contributed by atoms with Crippen LogP contribution in [0.5, 0.6) is 0 Å². The van der Waals surface area contributed by atoms with Gasteiger partial charge in [-0.15, -0.1) is 0 Å². The fraction of sp³-hybridized carbons (Fsp3) is 0.462. The van der Waals surface area contributed by atoms with Gasteiger partial charge in [0.2, 0.25) is 0 Å². The summed E-state index contributed by atoms with van der Waals surface area (Å²) in [5, 5.41) is 0.929. The SMILES string of the molecule is CSc1nc(N2CCCOCC2)c2cnc(Cl)c(F)c2n1. The molecule has 5 nitrogen and oxygen atoms in total. The first-order valence-electron chi connectivity index (χ1n) is 6.59. The summed E-state index contributed by atoms with van der Waals surface area (Å²) in [6, 6.07) is 0. The van der Waals surface area contributed by atoms with Crippen LogP contribution >= 0.6 is 23.4 Å². The van der Waals surface area contributed by atoms with Crippen molar-refractivity contribution in [2.24, 2.45) is 0 Å².